The molecule has 6 nitrogen and oxygen atoms in total. The molecule has 0 spiro atoms. The highest BCUT2D eigenvalue weighted by Gasteiger charge is 2.19. The molecular weight excluding hydrogens is 497 g/mol. The molecule has 0 fully saturated rings. The van der Waals surface area contributed by atoms with Crippen LogP contribution in [0.25, 0.3) is 10.8 Å². The first-order valence-corrected chi connectivity index (χ1v) is 10.5. The minimum Gasteiger partial charge on any atom is -0.457 e. The van der Waals surface area contributed by atoms with Crippen LogP contribution in [-0.2, 0) is 16.1 Å². The number of hydrogen-bond donors (Lipinski definition) is 2. The number of carbonyl (C=O) groups is 2. The minimum absolute atomic E-state index is 0. The molecule has 0 aliphatic carbocycles. The zero-order valence-electron chi connectivity index (χ0n) is 26.0. The molecule has 3 aromatic carbocycles. The SMILES string of the molecule is Cl.Cl.[2H]c1nccc2cc(NC(=O)[C@H](CN)c3ccc(COC(=O)c4ccc(C([2H])([2H])[2H])cc4C([2H])([2H])[2H])cc3)ccc12. The van der Waals surface area contributed by atoms with Crippen LogP contribution in [0.4, 0.5) is 5.69 Å². The number of hydrogen-bond acceptors (Lipinski definition) is 5. The molecule has 0 unspecified atom stereocenters. The number of rotatable bonds is 7. The zero-order chi connectivity index (χ0) is 29.9. The van der Waals surface area contributed by atoms with E-state index in [1.807, 2.05) is 0 Å². The Labute approximate surface area is 232 Å². The molecule has 0 bridgehead atoms. The van der Waals surface area contributed by atoms with Gasteiger partial charge in [-0.15, -0.1) is 24.8 Å². The number of pyridine rings is 1. The molecule has 4 rings (SSSR count). The van der Waals surface area contributed by atoms with Gasteiger partial charge in [0.1, 0.15) is 6.61 Å². The van der Waals surface area contributed by atoms with Gasteiger partial charge in [0.15, 0.2) is 0 Å². The summed E-state index contributed by atoms with van der Waals surface area (Å²) in [5.74, 6) is -1.88. The first kappa shape index (κ1) is 19.7. The number of nitrogens with two attached hydrogens (primary N) is 1. The van der Waals surface area contributed by atoms with Gasteiger partial charge in [-0.25, -0.2) is 4.79 Å². The van der Waals surface area contributed by atoms with Crippen molar-refractivity contribution in [2.45, 2.75) is 26.2 Å². The van der Waals surface area contributed by atoms with Crippen LogP contribution in [0.1, 0.15) is 48.1 Å². The van der Waals surface area contributed by atoms with E-state index in [1.165, 1.54) is 12.3 Å². The number of esters is 1. The number of benzene rings is 3. The van der Waals surface area contributed by atoms with Crippen molar-refractivity contribution >= 4 is 53.2 Å². The van der Waals surface area contributed by atoms with Gasteiger partial charge in [-0.05, 0) is 60.0 Å². The van der Waals surface area contributed by atoms with E-state index in [0.717, 1.165) is 17.5 Å². The molecule has 1 amide bonds. The number of fused-ring (bicyclic) bond motifs is 1. The first-order valence-electron chi connectivity index (χ1n) is 14.0. The van der Waals surface area contributed by atoms with Crippen molar-refractivity contribution in [3.8, 4) is 0 Å². The highest BCUT2D eigenvalue weighted by atomic mass is 35.5. The number of nitrogens with zero attached hydrogens (tertiary/aromatic N) is 1. The van der Waals surface area contributed by atoms with Gasteiger partial charge in [0.2, 0.25) is 5.91 Å². The second kappa shape index (κ2) is 13.0. The molecule has 0 saturated carbocycles. The van der Waals surface area contributed by atoms with E-state index in [1.54, 1.807) is 48.5 Å². The standard InChI is InChI=1S/C28H27N3O3.2ClH/c1-18-3-10-25(19(2)13-18)28(33)34-17-20-4-6-21(7-5-20)26(15-29)27(32)31-24-9-8-23-16-30-12-11-22(23)14-24;;/h3-14,16,26H,15,17,29H2,1-2H3,(H,31,32);2*1H/t26-;;/m1../s1/i1D3,2D3,16D;;. The number of halogens is 2. The predicted octanol–water partition coefficient (Wildman–Crippen LogP) is 5.73. The van der Waals surface area contributed by atoms with Crippen LogP contribution in [0.2, 0.25) is 0 Å². The number of nitrogens with one attached hydrogen (secondary N) is 1. The van der Waals surface area contributed by atoms with E-state index < -0.39 is 31.2 Å². The summed E-state index contributed by atoms with van der Waals surface area (Å²) in [7, 11) is 0. The third-order valence-corrected chi connectivity index (χ3v) is 5.38. The van der Waals surface area contributed by atoms with Crippen LogP contribution >= 0.6 is 24.8 Å². The lowest BCUT2D eigenvalue weighted by Crippen LogP contribution is -2.27. The van der Waals surface area contributed by atoms with Gasteiger partial charge in [0.25, 0.3) is 0 Å². The molecule has 3 N–H and O–H groups in total. The summed E-state index contributed by atoms with van der Waals surface area (Å²) in [5, 5.41) is 4.29. The Hall–Kier alpha value is -3.45. The molecule has 0 aliphatic rings. The Morgan fingerprint density at radius 2 is 1.83 bits per heavy atom. The van der Waals surface area contributed by atoms with Crippen molar-refractivity contribution in [2.24, 2.45) is 5.73 Å². The zero-order valence-corrected chi connectivity index (χ0v) is 20.6. The van der Waals surface area contributed by atoms with E-state index in [0.29, 0.717) is 22.2 Å². The normalized spacial score (nSPS) is 14.6. The lowest BCUT2D eigenvalue weighted by molar-refractivity contribution is -0.117. The molecule has 4 aromatic rings. The Morgan fingerprint density at radius 1 is 1.03 bits per heavy atom. The molecule has 1 heterocycles. The lowest BCUT2D eigenvalue weighted by atomic mass is 9.97. The van der Waals surface area contributed by atoms with Crippen molar-refractivity contribution in [2.75, 3.05) is 11.9 Å². The third-order valence-electron chi connectivity index (χ3n) is 5.38. The highest BCUT2D eigenvalue weighted by Crippen LogP contribution is 2.22. The van der Waals surface area contributed by atoms with Crippen molar-refractivity contribution < 1.29 is 23.9 Å². The molecule has 0 radical (unpaired) electrons. The van der Waals surface area contributed by atoms with Gasteiger partial charge in [0, 0.05) is 38.2 Å². The second-order valence-electron chi connectivity index (χ2n) is 7.71. The monoisotopic (exact) mass is 532 g/mol. The average Bonchev–Trinajstić information content (AvgIpc) is 2.91. The van der Waals surface area contributed by atoms with Gasteiger partial charge >= 0.3 is 5.97 Å². The maximum Gasteiger partial charge on any atom is 0.338 e. The van der Waals surface area contributed by atoms with Crippen LogP contribution < -0.4 is 11.1 Å². The molecule has 0 aliphatic heterocycles. The Morgan fingerprint density at radius 3 is 2.56 bits per heavy atom. The first-order chi connectivity index (χ1) is 19.3. The summed E-state index contributed by atoms with van der Waals surface area (Å²) in [6, 6.07) is 17.0. The van der Waals surface area contributed by atoms with E-state index in [-0.39, 0.29) is 61.2 Å². The Balaban J connectivity index is 0.00000323. The van der Waals surface area contributed by atoms with Gasteiger partial charge in [0.05, 0.1) is 12.9 Å². The fourth-order valence-corrected chi connectivity index (χ4v) is 3.52. The summed E-state index contributed by atoms with van der Waals surface area (Å²) in [6.45, 7) is -5.38. The van der Waals surface area contributed by atoms with Crippen LogP contribution in [0.3, 0.4) is 0 Å². The molecule has 0 saturated heterocycles. The van der Waals surface area contributed by atoms with Crippen molar-refractivity contribution in [1.29, 1.82) is 0 Å². The molecule has 1 aromatic heterocycles. The van der Waals surface area contributed by atoms with E-state index in [2.05, 4.69) is 10.3 Å². The molecule has 1 atom stereocenters. The number of amides is 1. The van der Waals surface area contributed by atoms with Crippen LogP contribution in [-0.4, -0.2) is 23.4 Å². The molecular formula is C28H29Cl2N3O3. The topological polar surface area (TPSA) is 94.3 Å². The maximum absolute atomic E-state index is 13.0. The summed E-state index contributed by atoms with van der Waals surface area (Å²) in [4.78, 5) is 29.7. The number of ether oxygens (including phenoxy) is 1. The fraction of sp³-hybridized carbons (Fsp3) is 0.179. The quantitative estimate of drug-likeness (QED) is 0.296. The minimum atomic E-state index is -2.72. The Bertz CT molecular complexity index is 1600. The smallest absolute Gasteiger partial charge is 0.338 e. The number of aryl methyl sites for hydroxylation is 2. The number of carbonyl (C=O) groups excluding carboxylic acids is 2. The largest absolute Gasteiger partial charge is 0.457 e. The fourth-order valence-electron chi connectivity index (χ4n) is 3.52. The number of anilines is 1. The summed E-state index contributed by atoms with van der Waals surface area (Å²) in [5.41, 5.74) is 6.87. The molecule has 8 heteroatoms. The van der Waals surface area contributed by atoms with Crippen LogP contribution in [0, 0.1) is 13.7 Å². The maximum atomic E-state index is 13.0. The van der Waals surface area contributed by atoms with E-state index in [9.17, 15) is 9.59 Å². The molecule has 36 heavy (non-hydrogen) atoms. The van der Waals surface area contributed by atoms with E-state index in [4.69, 9.17) is 20.1 Å². The second-order valence-corrected chi connectivity index (χ2v) is 7.71. The van der Waals surface area contributed by atoms with Crippen molar-refractivity contribution in [1.82, 2.24) is 4.98 Å². The highest BCUT2D eigenvalue weighted by molar-refractivity contribution is 5.98. The van der Waals surface area contributed by atoms with Gasteiger partial charge < -0.3 is 15.8 Å². The van der Waals surface area contributed by atoms with Crippen LogP contribution in [0.5, 0.6) is 0 Å². The summed E-state index contributed by atoms with van der Waals surface area (Å²) in [6.07, 6.45) is 1.68. The predicted molar refractivity (Wildman–Crippen MR) is 148 cm³/mol. The van der Waals surface area contributed by atoms with Crippen molar-refractivity contribution in [3.05, 3.63) is 107 Å². The average molecular weight is 534 g/mol. The lowest BCUT2D eigenvalue weighted by Gasteiger charge is -2.16. The van der Waals surface area contributed by atoms with E-state index >= 15 is 0 Å². The van der Waals surface area contributed by atoms with Gasteiger partial charge in [-0.3, -0.25) is 9.78 Å². The number of aromatic nitrogens is 1. The van der Waals surface area contributed by atoms with Gasteiger partial charge in [-0.2, -0.15) is 0 Å². The third kappa shape index (κ3) is 6.82. The van der Waals surface area contributed by atoms with Crippen molar-refractivity contribution in [3.63, 3.8) is 0 Å². The summed E-state index contributed by atoms with van der Waals surface area (Å²) < 4.78 is 58.9. The molecule has 188 valence electrons. The Kier molecular flexibility index (Phi) is 7.13. The summed E-state index contributed by atoms with van der Waals surface area (Å²) >= 11 is 0. The van der Waals surface area contributed by atoms with Gasteiger partial charge in [-0.1, -0.05) is 48.0 Å². The van der Waals surface area contributed by atoms with Crippen LogP contribution in [0.15, 0.2) is 79.1 Å².